The fraction of sp³-hybridized carbons (Fsp3) is 0.600. The monoisotopic (exact) mass is 294 g/mol. The Kier molecular flexibility index (Phi) is 6.43. The third-order valence-corrected chi connectivity index (χ3v) is 3.43. The van der Waals surface area contributed by atoms with Crippen LogP contribution >= 0.6 is 0 Å². The molecule has 0 aromatic carbocycles. The van der Waals surface area contributed by atoms with E-state index in [1.54, 1.807) is 25.4 Å². The molecule has 1 aliphatic rings. The number of aromatic nitrogens is 1. The number of carbonyl (C=O) groups is 1. The fourth-order valence-electron chi connectivity index (χ4n) is 2.15. The van der Waals surface area contributed by atoms with Gasteiger partial charge in [0.15, 0.2) is 0 Å². The molecular formula is C15H22N2O4. The summed E-state index contributed by atoms with van der Waals surface area (Å²) < 4.78 is 15.6. The maximum Gasteiger partial charge on any atom is 0.251 e. The Hall–Kier alpha value is -1.66. The lowest BCUT2D eigenvalue weighted by Crippen LogP contribution is -2.32. The largest absolute Gasteiger partial charge is 0.475 e. The highest BCUT2D eigenvalue weighted by Gasteiger charge is 2.15. The van der Waals surface area contributed by atoms with Crippen LogP contribution in [0.15, 0.2) is 18.3 Å². The standard InChI is InChI=1S/C15H22N2O4/c1-19-8-9-21-14-10-13(2-5-16-14)15(18)17-11-12-3-6-20-7-4-12/h2,5,10,12H,3-4,6-9,11H2,1H3,(H,17,18). The predicted molar refractivity (Wildman–Crippen MR) is 77.5 cm³/mol. The molecule has 2 heterocycles. The van der Waals surface area contributed by atoms with E-state index in [0.717, 1.165) is 26.1 Å². The zero-order valence-electron chi connectivity index (χ0n) is 12.3. The van der Waals surface area contributed by atoms with Gasteiger partial charge >= 0.3 is 0 Å². The molecule has 1 amide bonds. The van der Waals surface area contributed by atoms with Crippen LogP contribution in [0.2, 0.25) is 0 Å². The summed E-state index contributed by atoms with van der Waals surface area (Å²) in [5.41, 5.74) is 0.560. The Balaban J connectivity index is 1.82. The number of hydrogen-bond acceptors (Lipinski definition) is 5. The van der Waals surface area contributed by atoms with Crippen molar-refractivity contribution in [3.05, 3.63) is 23.9 Å². The van der Waals surface area contributed by atoms with Gasteiger partial charge in [0.1, 0.15) is 6.61 Å². The van der Waals surface area contributed by atoms with Crippen LogP contribution in [-0.4, -0.2) is 51.0 Å². The number of methoxy groups -OCH3 is 1. The minimum Gasteiger partial charge on any atom is -0.475 e. The topological polar surface area (TPSA) is 69.7 Å². The zero-order valence-corrected chi connectivity index (χ0v) is 12.3. The average molecular weight is 294 g/mol. The molecule has 0 radical (unpaired) electrons. The van der Waals surface area contributed by atoms with Crippen LogP contribution in [0, 0.1) is 5.92 Å². The smallest absolute Gasteiger partial charge is 0.251 e. The minimum atomic E-state index is -0.0968. The van der Waals surface area contributed by atoms with Crippen molar-refractivity contribution < 1.29 is 19.0 Å². The maximum atomic E-state index is 12.1. The van der Waals surface area contributed by atoms with Gasteiger partial charge in [0.2, 0.25) is 5.88 Å². The first-order chi connectivity index (χ1) is 10.3. The minimum absolute atomic E-state index is 0.0968. The van der Waals surface area contributed by atoms with Crippen LogP contribution in [0.5, 0.6) is 5.88 Å². The molecule has 1 aliphatic heterocycles. The summed E-state index contributed by atoms with van der Waals surface area (Å²) in [4.78, 5) is 16.2. The molecule has 1 N–H and O–H groups in total. The highest BCUT2D eigenvalue weighted by atomic mass is 16.5. The van der Waals surface area contributed by atoms with Gasteiger partial charge in [-0.2, -0.15) is 0 Å². The summed E-state index contributed by atoms with van der Waals surface area (Å²) >= 11 is 0. The van der Waals surface area contributed by atoms with E-state index >= 15 is 0 Å². The molecule has 0 atom stereocenters. The predicted octanol–water partition coefficient (Wildman–Crippen LogP) is 1.26. The molecule has 1 saturated heterocycles. The Morgan fingerprint density at radius 3 is 3.00 bits per heavy atom. The number of nitrogens with zero attached hydrogens (tertiary/aromatic N) is 1. The Morgan fingerprint density at radius 1 is 1.43 bits per heavy atom. The van der Waals surface area contributed by atoms with Gasteiger partial charge in [-0.25, -0.2) is 4.98 Å². The third-order valence-electron chi connectivity index (χ3n) is 3.43. The first kappa shape index (κ1) is 15.7. The van der Waals surface area contributed by atoms with E-state index < -0.39 is 0 Å². The first-order valence-electron chi connectivity index (χ1n) is 7.23. The summed E-state index contributed by atoms with van der Waals surface area (Å²) in [6, 6.07) is 3.33. The first-order valence-corrected chi connectivity index (χ1v) is 7.23. The van der Waals surface area contributed by atoms with Crippen LogP contribution in [0.1, 0.15) is 23.2 Å². The Morgan fingerprint density at radius 2 is 2.24 bits per heavy atom. The highest BCUT2D eigenvalue weighted by Crippen LogP contribution is 2.14. The van der Waals surface area contributed by atoms with Crippen molar-refractivity contribution >= 4 is 5.91 Å². The van der Waals surface area contributed by atoms with E-state index in [-0.39, 0.29) is 5.91 Å². The molecule has 0 bridgehead atoms. The fourth-order valence-corrected chi connectivity index (χ4v) is 2.15. The molecule has 6 heteroatoms. The molecular weight excluding hydrogens is 272 g/mol. The number of carbonyl (C=O) groups excluding carboxylic acids is 1. The summed E-state index contributed by atoms with van der Waals surface area (Å²) in [6.07, 6.45) is 3.58. The molecule has 1 fully saturated rings. The van der Waals surface area contributed by atoms with Crippen LogP contribution < -0.4 is 10.1 Å². The van der Waals surface area contributed by atoms with Crippen molar-refractivity contribution in [2.45, 2.75) is 12.8 Å². The zero-order chi connectivity index (χ0) is 14.9. The van der Waals surface area contributed by atoms with Crippen LogP contribution in [-0.2, 0) is 9.47 Å². The van der Waals surface area contributed by atoms with E-state index in [1.807, 2.05) is 0 Å². The van der Waals surface area contributed by atoms with Gasteiger partial charge in [0.25, 0.3) is 5.91 Å². The Bertz CT molecular complexity index is 447. The molecule has 21 heavy (non-hydrogen) atoms. The van der Waals surface area contributed by atoms with E-state index in [4.69, 9.17) is 14.2 Å². The summed E-state index contributed by atoms with van der Waals surface area (Å²) in [6.45, 7) is 3.16. The number of rotatable bonds is 7. The van der Waals surface area contributed by atoms with Crippen molar-refractivity contribution in [1.82, 2.24) is 10.3 Å². The van der Waals surface area contributed by atoms with Crippen molar-refractivity contribution in [2.24, 2.45) is 5.92 Å². The molecule has 2 rings (SSSR count). The lowest BCUT2D eigenvalue weighted by atomic mass is 10.0. The third kappa shape index (κ3) is 5.32. The van der Waals surface area contributed by atoms with Crippen molar-refractivity contribution in [3.63, 3.8) is 0 Å². The van der Waals surface area contributed by atoms with E-state index in [2.05, 4.69) is 10.3 Å². The SMILES string of the molecule is COCCOc1cc(C(=O)NCC2CCOCC2)ccn1. The maximum absolute atomic E-state index is 12.1. The van der Waals surface area contributed by atoms with Crippen molar-refractivity contribution in [1.29, 1.82) is 0 Å². The van der Waals surface area contributed by atoms with Gasteiger partial charge in [-0.05, 0) is 24.8 Å². The molecule has 116 valence electrons. The van der Waals surface area contributed by atoms with Gasteiger partial charge < -0.3 is 19.5 Å². The van der Waals surface area contributed by atoms with E-state index in [0.29, 0.717) is 37.1 Å². The number of amides is 1. The van der Waals surface area contributed by atoms with Crippen LogP contribution in [0.4, 0.5) is 0 Å². The molecule has 1 aromatic heterocycles. The van der Waals surface area contributed by atoms with Gasteiger partial charge in [-0.1, -0.05) is 0 Å². The van der Waals surface area contributed by atoms with Crippen LogP contribution in [0.25, 0.3) is 0 Å². The summed E-state index contributed by atoms with van der Waals surface area (Å²) in [5.74, 6) is 0.841. The van der Waals surface area contributed by atoms with Gasteiger partial charge in [0, 0.05) is 44.7 Å². The molecule has 0 spiro atoms. The number of ether oxygens (including phenoxy) is 3. The molecule has 0 saturated carbocycles. The van der Waals surface area contributed by atoms with Crippen molar-refractivity contribution in [3.8, 4) is 5.88 Å². The second kappa shape index (κ2) is 8.59. The Labute approximate surface area is 124 Å². The van der Waals surface area contributed by atoms with Gasteiger partial charge in [0.05, 0.1) is 6.61 Å². The van der Waals surface area contributed by atoms with Gasteiger partial charge in [-0.3, -0.25) is 4.79 Å². The lowest BCUT2D eigenvalue weighted by Gasteiger charge is -2.22. The van der Waals surface area contributed by atoms with Gasteiger partial charge in [-0.15, -0.1) is 0 Å². The van der Waals surface area contributed by atoms with E-state index in [9.17, 15) is 4.79 Å². The second-order valence-corrected chi connectivity index (χ2v) is 4.99. The summed E-state index contributed by atoms with van der Waals surface area (Å²) in [7, 11) is 1.61. The average Bonchev–Trinajstić information content (AvgIpc) is 2.54. The normalized spacial score (nSPS) is 15.7. The van der Waals surface area contributed by atoms with E-state index in [1.165, 1.54) is 0 Å². The van der Waals surface area contributed by atoms with Crippen molar-refractivity contribution in [2.75, 3.05) is 40.1 Å². The molecule has 6 nitrogen and oxygen atoms in total. The lowest BCUT2D eigenvalue weighted by molar-refractivity contribution is 0.0642. The molecule has 0 aliphatic carbocycles. The van der Waals surface area contributed by atoms with Crippen LogP contribution in [0.3, 0.4) is 0 Å². The quantitative estimate of drug-likeness (QED) is 0.767. The molecule has 0 unspecified atom stereocenters. The number of nitrogens with one attached hydrogen (secondary N) is 1. The summed E-state index contributed by atoms with van der Waals surface area (Å²) in [5, 5.41) is 2.96. The molecule has 1 aromatic rings. The number of pyridine rings is 1. The second-order valence-electron chi connectivity index (χ2n) is 4.99. The highest BCUT2D eigenvalue weighted by molar-refractivity contribution is 5.94. The number of hydrogen-bond donors (Lipinski definition) is 1.